The maximum Gasteiger partial charge on any atom is 0.309 e. The fourth-order valence-corrected chi connectivity index (χ4v) is 1.24. The third-order valence-corrected chi connectivity index (χ3v) is 1.96. The fraction of sp³-hybridized carbons (Fsp3) is 0.750. The number of carbonyl (C=O) groups excluding carboxylic acids is 1. The van der Waals surface area contributed by atoms with Gasteiger partial charge in [-0.15, -0.1) is 0 Å². The molecule has 0 aromatic heterocycles. The number of nitrogens with zero attached hydrogens (tertiary/aromatic N) is 1. The summed E-state index contributed by atoms with van der Waals surface area (Å²) in [5.41, 5.74) is 0. The predicted octanol–water partition coefficient (Wildman–Crippen LogP) is 0.614. The number of methoxy groups -OCH3 is 2. The molecule has 1 aliphatic heterocycles. The molecule has 0 N–H and O–H groups in total. The van der Waals surface area contributed by atoms with E-state index >= 15 is 0 Å². The molecule has 0 unspecified atom stereocenters. The Bertz CT molecular complexity index is 200. The van der Waals surface area contributed by atoms with Crippen LogP contribution in [-0.2, 0) is 14.3 Å². The molecule has 0 amide bonds. The van der Waals surface area contributed by atoms with Gasteiger partial charge in [-0.1, -0.05) is 0 Å². The zero-order valence-electron chi connectivity index (χ0n) is 7.37. The van der Waals surface area contributed by atoms with E-state index in [0.29, 0.717) is 18.9 Å². The van der Waals surface area contributed by atoms with Crippen LogP contribution in [0.15, 0.2) is 4.99 Å². The van der Waals surface area contributed by atoms with Crippen LogP contribution in [0.1, 0.15) is 12.8 Å². The molecule has 0 fully saturated rings. The Kier molecular flexibility index (Phi) is 3.08. The molecule has 0 bridgehead atoms. The van der Waals surface area contributed by atoms with E-state index in [0.717, 1.165) is 6.42 Å². The van der Waals surface area contributed by atoms with Gasteiger partial charge in [0.25, 0.3) is 0 Å². The third kappa shape index (κ3) is 1.96. The molecule has 68 valence electrons. The maximum absolute atomic E-state index is 11.1. The van der Waals surface area contributed by atoms with E-state index in [1.165, 1.54) is 7.11 Å². The first-order valence-electron chi connectivity index (χ1n) is 3.93. The van der Waals surface area contributed by atoms with E-state index in [9.17, 15) is 4.79 Å². The smallest absolute Gasteiger partial charge is 0.309 e. The Morgan fingerprint density at radius 1 is 1.58 bits per heavy atom. The molecule has 1 atom stereocenters. The zero-order chi connectivity index (χ0) is 8.97. The Balaban J connectivity index is 2.51. The van der Waals surface area contributed by atoms with E-state index in [1.807, 2.05) is 0 Å². The molecule has 1 heterocycles. The summed E-state index contributed by atoms with van der Waals surface area (Å²) < 4.78 is 9.59. The first-order valence-corrected chi connectivity index (χ1v) is 3.93. The summed E-state index contributed by atoms with van der Waals surface area (Å²) in [4.78, 5) is 15.2. The van der Waals surface area contributed by atoms with Crippen molar-refractivity contribution in [3.63, 3.8) is 0 Å². The van der Waals surface area contributed by atoms with Crippen molar-refractivity contribution < 1.29 is 14.3 Å². The number of rotatable bonds is 1. The van der Waals surface area contributed by atoms with Crippen LogP contribution in [0.25, 0.3) is 0 Å². The summed E-state index contributed by atoms with van der Waals surface area (Å²) in [6, 6.07) is 0. The number of esters is 1. The molecule has 4 heteroatoms. The van der Waals surface area contributed by atoms with Gasteiger partial charge in [0.05, 0.1) is 20.1 Å². The van der Waals surface area contributed by atoms with E-state index in [-0.39, 0.29) is 11.9 Å². The first kappa shape index (κ1) is 9.03. The number of aliphatic imine (C=N–C) groups is 1. The lowest BCUT2D eigenvalue weighted by Crippen LogP contribution is -2.25. The maximum atomic E-state index is 11.1. The topological polar surface area (TPSA) is 47.9 Å². The lowest BCUT2D eigenvalue weighted by molar-refractivity contribution is -0.145. The fourth-order valence-electron chi connectivity index (χ4n) is 1.24. The molecule has 0 saturated heterocycles. The van der Waals surface area contributed by atoms with Crippen LogP contribution in [0.3, 0.4) is 0 Å². The van der Waals surface area contributed by atoms with Crippen LogP contribution in [0, 0.1) is 5.92 Å². The van der Waals surface area contributed by atoms with Crippen molar-refractivity contribution in [2.75, 3.05) is 20.8 Å². The number of hydrogen-bond donors (Lipinski definition) is 0. The van der Waals surface area contributed by atoms with Crippen molar-refractivity contribution in [1.82, 2.24) is 0 Å². The molecular formula is C8H13NO3. The van der Waals surface area contributed by atoms with E-state index < -0.39 is 0 Å². The zero-order valence-corrected chi connectivity index (χ0v) is 7.37. The van der Waals surface area contributed by atoms with Gasteiger partial charge in [0, 0.05) is 13.0 Å². The lowest BCUT2D eigenvalue weighted by atomic mass is 9.99. The summed E-state index contributed by atoms with van der Waals surface area (Å²) in [5.74, 6) is 0.415. The van der Waals surface area contributed by atoms with Crippen molar-refractivity contribution in [2.45, 2.75) is 12.8 Å². The molecule has 0 aromatic rings. The highest BCUT2D eigenvalue weighted by atomic mass is 16.5. The van der Waals surface area contributed by atoms with Gasteiger partial charge in [0.2, 0.25) is 0 Å². The summed E-state index contributed by atoms with van der Waals surface area (Å²) in [6.45, 7) is 0.656. The average Bonchev–Trinajstić information content (AvgIpc) is 2.17. The Hall–Kier alpha value is -1.06. The van der Waals surface area contributed by atoms with Crippen LogP contribution < -0.4 is 0 Å². The van der Waals surface area contributed by atoms with Gasteiger partial charge in [-0.25, -0.2) is 0 Å². The summed E-state index contributed by atoms with van der Waals surface area (Å²) >= 11 is 0. The number of hydrogen-bond acceptors (Lipinski definition) is 4. The summed E-state index contributed by atoms with van der Waals surface area (Å²) in [5, 5.41) is 0. The second-order valence-corrected chi connectivity index (χ2v) is 2.69. The van der Waals surface area contributed by atoms with Gasteiger partial charge in [-0.2, -0.15) is 0 Å². The molecule has 1 aliphatic rings. The lowest BCUT2D eigenvalue weighted by Gasteiger charge is -2.18. The summed E-state index contributed by atoms with van der Waals surface area (Å²) in [6.07, 6.45) is 1.34. The standard InChI is InChI=1S/C8H13NO3/c1-11-7-5-6(3-4-9-7)8(10)12-2/h6H,3-5H2,1-2H3/t6-/m1/s1. The van der Waals surface area contributed by atoms with Crippen LogP contribution in [-0.4, -0.2) is 32.6 Å². The minimum Gasteiger partial charge on any atom is -0.484 e. The molecular weight excluding hydrogens is 158 g/mol. The second kappa shape index (κ2) is 4.09. The van der Waals surface area contributed by atoms with E-state index in [2.05, 4.69) is 9.73 Å². The van der Waals surface area contributed by atoms with Crippen LogP contribution in [0.2, 0.25) is 0 Å². The van der Waals surface area contributed by atoms with Crippen LogP contribution >= 0.6 is 0 Å². The van der Waals surface area contributed by atoms with Crippen molar-refractivity contribution in [2.24, 2.45) is 10.9 Å². The highest BCUT2D eigenvalue weighted by Crippen LogP contribution is 2.16. The van der Waals surface area contributed by atoms with Gasteiger partial charge in [0.15, 0.2) is 5.90 Å². The van der Waals surface area contributed by atoms with Crippen LogP contribution in [0.4, 0.5) is 0 Å². The highest BCUT2D eigenvalue weighted by Gasteiger charge is 2.24. The molecule has 0 saturated carbocycles. The average molecular weight is 171 g/mol. The van der Waals surface area contributed by atoms with Crippen molar-refractivity contribution in [3.05, 3.63) is 0 Å². The first-order chi connectivity index (χ1) is 5.77. The minimum atomic E-state index is -0.167. The normalized spacial score (nSPS) is 22.8. The van der Waals surface area contributed by atoms with Gasteiger partial charge < -0.3 is 9.47 Å². The monoisotopic (exact) mass is 171 g/mol. The third-order valence-electron chi connectivity index (χ3n) is 1.96. The number of ether oxygens (including phenoxy) is 2. The molecule has 0 aliphatic carbocycles. The largest absolute Gasteiger partial charge is 0.484 e. The number of carbonyl (C=O) groups is 1. The SMILES string of the molecule is COC(=O)[C@@H]1CCN=C(OC)C1. The molecule has 0 spiro atoms. The second-order valence-electron chi connectivity index (χ2n) is 2.69. The predicted molar refractivity (Wildman–Crippen MR) is 44.1 cm³/mol. The van der Waals surface area contributed by atoms with Crippen molar-refractivity contribution in [1.29, 1.82) is 0 Å². The molecule has 1 rings (SSSR count). The van der Waals surface area contributed by atoms with Crippen LogP contribution in [0.5, 0.6) is 0 Å². The van der Waals surface area contributed by atoms with Gasteiger partial charge >= 0.3 is 5.97 Å². The Morgan fingerprint density at radius 3 is 2.92 bits per heavy atom. The van der Waals surface area contributed by atoms with Crippen molar-refractivity contribution >= 4 is 11.9 Å². The Labute approximate surface area is 71.6 Å². The molecule has 0 aromatic carbocycles. The molecule has 12 heavy (non-hydrogen) atoms. The molecule has 0 radical (unpaired) electrons. The summed E-state index contributed by atoms with van der Waals surface area (Å²) in [7, 11) is 2.97. The van der Waals surface area contributed by atoms with E-state index in [4.69, 9.17) is 4.74 Å². The molecule has 4 nitrogen and oxygen atoms in total. The quantitative estimate of drug-likeness (QED) is 0.543. The Morgan fingerprint density at radius 2 is 2.33 bits per heavy atom. The highest BCUT2D eigenvalue weighted by molar-refractivity contribution is 5.83. The minimum absolute atomic E-state index is 0.0672. The van der Waals surface area contributed by atoms with Crippen molar-refractivity contribution in [3.8, 4) is 0 Å². The van der Waals surface area contributed by atoms with Gasteiger partial charge in [0.1, 0.15) is 0 Å². The van der Waals surface area contributed by atoms with Gasteiger partial charge in [-0.05, 0) is 6.42 Å². The van der Waals surface area contributed by atoms with E-state index in [1.54, 1.807) is 7.11 Å². The van der Waals surface area contributed by atoms with Gasteiger partial charge in [-0.3, -0.25) is 9.79 Å².